The largest absolute Gasteiger partial charge is 0.461 e. The Morgan fingerprint density at radius 1 is 1.23 bits per heavy atom. The zero-order chi connectivity index (χ0) is 19.6. The number of hydrogen-bond donors (Lipinski definition) is 1. The Morgan fingerprint density at radius 3 is 2.42 bits per heavy atom. The van der Waals surface area contributed by atoms with Crippen LogP contribution in [-0.4, -0.2) is 29.1 Å². The van der Waals surface area contributed by atoms with Gasteiger partial charge in [-0.15, -0.1) is 0 Å². The Labute approximate surface area is 157 Å². The monoisotopic (exact) mass is 362 g/mol. The molecular weight excluding hydrogens is 328 g/mol. The predicted octanol–water partition coefficient (Wildman–Crippen LogP) is 4.25. The predicted molar refractivity (Wildman–Crippen MR) is 104 cm³/mol. The Bertz CT molecular complexity index is 688. The zero-order valence-electron chi connectivity index (χ0n) is 17.4. The molecule has 1 N–H and O–H groups in total. The number of nitrogens with zero attached hydrogens (tertiary/aromatic N) is 1. The van der Waals surface area contributed by atoms with E-state index in [4.69, 9.17) is 4.74 Å². The van der Waals surface area contributed by atoms with Gasteiger partial charge in [0.1, 0.15) is 5.69 Å². The summed E-state index contributed by atoms with van der Waals surface area (Å²) in [6.45, 7) is 15.2. The van der Waals surface area contributed by atoms with Crippen molar-refractivity contribution in [2.45, 2.75) is 80.3 Å². The Morgan fingerprint density at radius 2 is 1.88 bits per heavy atom. The van der Waals surface area contributed by atoms with Gasteiger partial charge in [-0.3, -0.25) is 4.79 Å². The Kier molecular flexibility index (Phi) is 6.20. The molecule has 1 aliphatic rings. The van der Waals surface area contributed by atoms with Gasteiger partial charge in [-0.05, 0) is 63.9 Å². The van der Waals surface area contributed by atoms with Gasteiger partial charge in [0.2, 0.25) is 0 Å². The highest BCUT2D eigenvalue weighted by Gasteiger charge is 2.34. The van der Waals surface area contributed by atoms with Crippen LogP contribution in [0.5, 0.6) is 0 Å². The second-order valence-corrected chi connectivity index (χ2v) is 8.48. The molecule has 0 radical (unpaired) electrons. The molecule has 0 aromatic carbocycles. The molecular formula is C21H34N2O3. The Balaban J connectivity index is 2.30. The molecule has 1 saturated carbocycles. The van der Waals surface area contributed by atoms with Crippen molar-refractivity contribution < 1.29 is 14.3 Å². The first-order valence-corrected chi connectivity index (χ1v) is 9.78. The Hall–Kier alpha value is -1.78. The van der Waals surface area contributed by atoms with Crippen molar-refractivity contribution in [2.24, 2.45) is 11.3 Å². The highest BCUT2D eigenvalue weighted by molar-refractivity contribution is 6.01. The van der Waals surface area contributed by atoms with Gasteiger partial charge in [0, 0.05) is 18.3 Å². The molecule has 146 valence electrons. The summed E-state index contributed by atoms with van der Waals surface area (Å²) in [5.41, 5.74) is 2.89. The molecule has 26 heavy (non-hydrogen) atoms. The fourth-order valence-electron chi connectivity index (χ4n) is 4.80. The number of hydrogen-bond acceptors (Lipinski definition) is 3. The molecule has 1 aliphatic carbocycles. The number of rotatable bonds is 5. The lowest BCUT2D eigenvalue weighted by atomic mass is 9.70. The number of esters is 1. The quantitative estimate of drug-likeness (QED) is 0.797. The lowest BCUT2D eigenvalue weighted by molar-refractivity contribution is 0.0512. The standard InChI is InChI=1S/C21H34N2O3/c1-8-23-15(5)17(14(4)18(23)20(25)26-9-2)19(24)22-16-10-13(3)11-21(6,7)12-16/h13,16H,8-12H2,1-7H3,(H,22,24). The van der Waals surface area contributed by atoms with Crippen molar-refractivity contribution in [2.75, 3.05) is 6.61 Å². The van der Waals surface area contributed by atoms with Crippen molar-refractivity contribution in [1.82, 2.24) is 9.88 Å². The number of carbonyl (C=O) groups excluding carboxylic acids is 2. The summed E-state index contributed by atoms with van der Waals surface area (Å²) in [5.74, 6) is 0.163. The van der Waals surface area contributed by atoms with Crippen LogP contribution in [0, 0.1) is 25.2 Å². The van der Waals surface area contributed by atoms with E-state index in [1.807, 2.05) is 25.3 Å². The van der Waals surface area contributed by atoms with E-state index >= 15 is 0 Å². The van der Waals surface area contributed by atoms with Crippen molar-refractivity contribution in [3.8, 4) is 0 Å². The molecule has 1 aromatic heterocycles. The van der Waals surface area contributed by atoms with Crippen LogP contribution >= 0.6 is 0 Å². The van der Waals surface area contributed by atoms with Crippen LogP contribution in [0.3, 0.4) is 0 Å². The van der Waals surface area contributed by atoms with Gasteiger partial charge in [0.05, 0.1) is 12.2 Å². The van der Waals surface area contributed by atoms with Gasteiger partial charge < -0.3 is 14.6 Å². The van der Waals surface area contributed by atoms with E-state index in [0.29, 0.717) is 35.9 Å². The minimum absolute atomic E-state index is 0.0763. The number of ether oxygens (including phenoxy) is 1. The number of aromatic nitrogens is 1. The van der Waals surface area contributed by atoms with Crippen molar-refractivity contribution in [3.63, 3.8) is 0 Å². The second-order valence-electron chi connectivity index (χ2n) is 8.48. The molecule has 1 heterocycles. The molecule has 0 saturated heterocycles. The first kappa shape index (κ1) is 20.5. The maximum Gasteiger partial charge on any atom is 0.355 e. The normalized spacial score (nSPS) is 22.1. The van der Waals surface area contributed by atoms with Gasteiger partial charge >= 0.3 is 5.97 Å². The highest BCUT2D eigenvalue weighted by Crippen LogP contribution is 2.38. The average molecular weight is 363 g/mol. The maximum atomic E-state index is 13.1. The van der Waals surface area contributed by atoms with Crippen molar-refractivity contribution in [3.05, 3.63) is 22.5 Å². The van der Waals surface area contributed by atoms with E-state index in [1.54, 1.807) is 6.92 Å². The minimum Gasteiger partial charge on any atom is -0.461 e. The van der Waals surface area contributed by atoms with Crippen LogP contribution in [0.2, 0.25) is 0 Å². The third-order valence-electron chi connectivity index (χ3n) is 5.50. The van der Waals surface area contributed by atoms with Crippen LogP contribution < -0.4 is 5.32 Å². The van der Waals surface area contributed by atoms with Crippen LogP contribution in [0.4, 0.5) is 0 Å². The van der Waals surface area contributed by atoms with Crippen LogP contribution in [0.1, 0.15) is 86.0 Å². The van der Waals surface area contributed by atoms with E-state index in [2.05, 4.69) is 26.1 Å². The first-order valence-electron chi connectivity index (χ1n) is 9.78. The fraction of sp³-hybridized carbons (Fsp3) is 0.714. The molecule has 2 unspecified atom stereocenters. The van der Waals surface area contributed by atoms with E-state index < -0.39 is 0 Å². The zero-order valence-corrected chi connectivity index (χ0v) is 17.4. The van der Waals surface area contributed by atoms with Crippen LogP contribution in [-0.2, 0) is 11.3 Å². The third kappa shape index (κ3) is 4.13. The molecule has 2 atom stereocenters. The molecule has 1 aromatic rings. The summed E-state index contributed by atoms with van der Waals surface area (Å²) >= 11 is 0. The van der Waals surface area contributed by atoms with Crippen LogP contribution in [0.15, 0.2) is 0 Å². The molecule has 5 heteroatoms. The van der Waals surface area contributed by atoms with Crippen molar-refractivity contribution >= 4 is 11.9 Å². The average Bonchev–Trinajstić information content (AvgIpc) is 2.75. The van der Waals surface area contributed by atoms with E-state index in [1.165, 1.54) is 6.42 Å². The minimum atomic E-state index is -0.360. The molecule has 1 fully saturated rings. The van der Waals surface area contributed by atoms with E-state index in [9.17, 15) is 9.59 Å². The van der Waals surface area contributed by atoms with Gasteiger partial charge in [-0.25, -0.2) is 4.79 Å². The van der Waals surface area contributed by atoms with E-state index in [-0.39, 0.29) is 23.3 Å². The summed E-state index contributed by atoms with van der Waals surface area (Å²) in [7, 11) is 0. The summed E-state index contributed by atoms with van der Waals surface area (Å²) in [6, 6.07) is 0.177. The third-order valence-corrected chi connectivity index (χ3v) is 5.50. The number of amides is 1. The highest BCUT2D eigenvalue weighted by atomic mass is 16.5. The maximum absolute atomic E-state index is 13.1. The van der Waals surface area contributed by atoms with Crippen molar-refractivity contribution in [1.29, 1.82) is 0 Å². The smallest absolute Gasteiger partial charge is 0.355 e. The number of nitrogens with one attached hydrogen (secondary N) is 1. The van der Waals surface area contributed by atoms with Crippen LogP contribution in [0.25, 0.3) is 0 Å². The lowest BCUT2D eigenvalue weighted by Crippen LogP contribution is -2.43. The van der Waals surface area contributed by atoms with Gasteiger partial charge in [-0.2, -0.15) is 0 Å². The van der Waals surface area contributed by atoms with E-state index in [0.717, 1.165) is 18.5 Å². The SMILES string of the molecule is CCOC(=O)c1c(C)c(C(=O)NC2CC(C)CC(C)(C)C2)c(C)n1CC. The van der Waals surface area contributed by atoms with Gasteiger partial charge in [0.15, 0.2) is 0 Å². The molecule has 0 aliphatic heterocycles. The molecule has 2 rings (SSSR count). The summed E-state index contributed by atoms with van der Waals surface area (Å²) in [4.78, 5) is 25.4. The van der Waals surface area contributed by atoms with Gasteiger partial charge in [-0.1, -0.05) is 20.8 Å². The summed E-state index contributed by atoms with van der Waals surface area (Å²) in [6.07, 6.45) is 3.18. The molecule has 1 amide bonds. The molecule has 5 nitrogen and oxygen atoms in total. The summed E-state index contributed by atoms with van der Waals surface area (Å²) in [5, 5.41) is 3.23. The topological polar surface area (TPSA) is 60.3 Å². The second kappa shape index (κ2) is 7.85. The first-order chi connectivity index (χ1) is 12.1. The molecule has 0 spiro atoms. The summed E-state index contributed by atoms with van der Waals surface area (Å²) < 4.78 is 7.08. The van der Waals surface area contributed by atoms with Gasteiger partial charge in [0.25, 0.3) is 5.91 Å². The lowest BCUT2D eigenvalue weighted by Gasteiger charge is -2.39. The fourth-order valence-corrected chi connectivity index (χ4v) is 4.80. The molecule has 0 bridgehead atoms. The number of carbonyl (C=O) groups is 2.